The minimum Gasteiger partial charge on any atom is -0.378 e. The topological polar surface area (TPSA) is 53.4 Å². The van der Waals surface area contributed by atoms with Crippen LogP contribution in [-0.4, -0.2) is 27.9 Å². The van der Waals surface area contributed by atoms with Crippen molar-refractivity contribution in [3.05, 3.63) is 63.9 Å². The first-order valence-corrected chi connectivity index (χ1v) is 7.47. The Bertz CT molecular complexity index is 644. The van der Waals surface area contributed by atoms with Crippen molar-refractivity contribution < 1.29 is 9.90 Å². The molecule has 0 saturated carbocycles. The largest absolute Gasteiger partial charge is 0.378 e. The lowest BCUT2D eigenvalue weighted by Gasteiger charge is -2.27. The van der Waals surface area contributed by atoms with Crippen molar-refractivity contribution in [1.29, 1.82) is 0 Å². The summed E-state index contributed by atoms with van der Waals surface area (Å²) in [5.74, 6) is -0.448. The molecule has 0 bridgehead atoms. The summed E-state index contributed by atoms with van der Waals surface area (Å²) >= 11 is 11.8. The van der Waals surface area contributed by atoms with E-state index in [1.807, 2.05) is 19.1 Å². The van der Waals surface area contributed by atoms with Gasteiger partial charge in [0.25, 0.3) is 5.91 Å². The van der Waals surface area contributed by atoms with Crippen LogP contribution in [0.15, 0.2) is 42.6 Å². The number of benzene rings is 1. The molecule has 116 valence electrons. The van der Waals surface area contributed by atoms with Crippen LogP contribution in [0.5, 0.6) is 0 Å². The molecule has 0 aliphatic carbocycles. The maximum atomic E-state index is 12.4. The number of likely N-dealkylation sites (N-methyl/N-ethyl adjacent to an activating group) is 1. The van der Waals surface area contributed by atoms with Gasteiger partial charge in [-0.05, 0) is 42.8 Å². The zero-order valence-electron chi connectivity index (χ0n) is 12.2. The Kier molecular flexibility index (Phi) is 5.40. The molecule has 0 saturated heterocycles. The molecule has 1 aromatic carbocycles. The first-order valence-electron chi connectivity index (χ1n) is 6.72. The monoisotopic (exact) mass is 338 g/mol. The molecule has 1 heterocycles. The standard InChI is InChI=1S/C16H16Cl2N2O2/c1-10(14-5-3-4-6-19-14)20(2)16(22)15(21)11-7-12(17)9-13(18)8-11/h3-10,15,21H,1-2H3. The number of carbonyl (C=O) groups excluding carboxylic acids is 1. The molecule has 2 unspecified atom stereocenters. The number of rotatable bonds is 4. The number of amides is 1. The number of aromatic nitrogens is 1. The molecule has 1 aromatic heterocycles. The zero-order chi connectivity index (χ0) is 16.3. The van der Waals surface area contributed by atoms with Gasteiger partial charge in [0.05, 0.1) is 11.7 Å². The normalized spacial score (nSPS) is 13.5. The molecule has 1 amide bonds. The number of carbonyl (C=O) groups is 1. The van der Waals surface area contributed by atoms with Gasteiger partial charge in [0.1, 0.15) is 0 Å². The van der Waals surface area contributed by atoms with Gasteiger partial charge in [-0.2, -0.15) is 0 Å². The van der Waals surface area contributed by atoms with Crippen molar-refractivity contribution in [2.45, 2.75) is 19.1 Å². The molecular weight excluding hydrogens is 323 g/mol. The number of aliphatic hydroxyl groups excluding tert-OH is 1. The molecule has 0 aliphatic heterocycles. The molecule has 0 fully saturated rings. The third-order valence-electron chi connectivity index (χ3n) is 3.48. The van der Waals surface area contributed by atoms with Crippen molar-refractivity contribution in [1.82, 2.24) is 9.88 Å². The van der Waals surface area contributed by atoms with E-state index in [2.05, 4.69) is 4.98 Å². The molecule has 0 radical (unpaired) electrons. The van der Waals surface area contributed by atoms with Gasteiger partial charge in [-0.3, -0.25) is 9.78 Å². The van der Waals surface area contributed by atoms with E-state index in [1.165, 1.54) is 17.0 Å². The zero-order valence-corrected chi connectivity index (χ0v) is 13.7. The Morgan fingerprint density at radius 2 is 1.86 bits per heavy atom. The maximum Gasteiger partial charge on any atom is 0.256 e. The molecule has 2 atom stereocenters. The smallest absolute Gasteiger partial charge is 0.256 e. The second kappa shape index (κ2) is 7.09. The average molecular weight is 339 g/mol. The molecule has 2 rings (SSSR count). The molecule has 1 N–H and O–H groups in total. The molecular formula is C16H16Cl2N2O2. The van der Waals surface area contributed by atoms with E-state index in [4.69, 9.17) is 23.2 Å². The number of hydrogen-bond donors (Lipinski definition) is 1. The highest BCUT2D eigenvalue weighted by Gasteiger charge is 2.26. The van der Waals surface area contributed by atoms with Crippen LogP contribution in [0.4, 0.5) is 0 Å². The third kappa shape index (κ3) is 3.77. The molecule has 22 heavy (non-hydrogen) atoms. The second-order valence-electron chi connectivity index (χ2n) is 4.99. The maximum absolute atomic E-state index is 12.4. The number of pyridine rings is 1. The Morgan fingerprint density at radius 1 is 1.23 bits per heavy atom. The number of nitrogens with zero attached hydrogens (tertiary/aromatic N) is 2. The van der Waals surface area contributed by atoms with Crippen LogP contribution in [0.25, 0.3) is 0 Å². The number of aliphatic hydroxyl groups is 1. The summed E-state index contributed by atoms with van der Waals surface area (Å²) in [4.78, 5) is 18.1. The van der Waals surface area contributed by atoms with E-state index >= 15 is 0 Å². The van der Waals surface area contributed by atoms with Crippen LogP contribution in [0.2, 0.25) is 10.0 Å². The lowest BCUT2D eigenvalue weighted by Crippen LogP contribution is -2.34. The van der Waals surface area contributed by atoms with Gasteiger partial charge in [0, 0.05) is 23.3 Å². The fraction of sp³-hybridized carbons (Fsp3) is 0.250. The molecule has 0 spiro atoms. The lowest BCUT2D eigenvalue weighted by atomic mass is 10.1. The highest BCUT2D eigenvalue weighted by Crippen LogP contribution is 2.26. The van der Waals surface area contributed by atoms with Gasteiger partial charge < -0.3 is 10.0 Å². The van der Waals surface area contributed by atoms with Crippen LogP contribution in [0, 0.1) is 0 Å². The Labute approximate surface area is 139 Å². The van der Waals surface area contributed by atoms with E-state index in [9.17, 15) is 9.90 Å². The van der Waals surface area contributed by atoms with E-state index in [-0.39, 0.29) is 6.04 Å². The average Bonchev–Trinajstić information content (AvgIpc) is 2.52. The second-order valence-corrected chi connectivity index (χ2v) is 5.86. The van der Waals surface area contributed by atoms with Crippen molar-refractivity contribution >= 4 is 29.1 Å². The van der Waals surface area contributed by atoms with Crippen LogP contribution < -0.4 is 0 Å². The van der Waals surface area contributed by atoms with Gasteiger partial charge in [-0.1, -0.05) is 29.3 Å². The van der Waals surface area contributed by atoms with Gasteiger partial charge >= 0.3 is 0 Å². The predicted molar refractivity (Wildman–Crippen MR) is 86.8 cm³/mol. The molecule has 2 aromatic rings. The van der Waals surface area contributed by atoms with Gasteiger partial charge in [0.2, 0.25) is 0 Å². The van der Waals surface area contributed by atoms with Crippen molar-refractivity contribution in [2.24, 2.45) is 0 Å². The fourth-order valence-electron chi connectivity index (χ4n) is 2.08. The van der Waals surface area contributed by atoms with E-state index in [1.54, 1.807) is 25.4 Å². The quantitative estimate of drug-likeness (QED) is 0.925. The first-order chi connectivity index (χ1) is 10.4. The van der Waals surface area contributed by atoms with Crippen molar-refractivity contribution in [3.8, 4) is 0 Å². The minimum absolute atomic E-state index is 0.266. The Morgan fingerprint density at radius 3 is 2.41 bits per heavy atom. The van der Waals surface area contributed by atoms with Crippen LogP contribution in [0.1, 0.15) is 30.3 Å². The van der Waals surface area contributed by atoms with Crippen molar-refractivity contribution in [3.63, 3.8) is 0 Å². The lowest BCUT2D eigenvalue weighted by molar-refractivity contribution is -0.141. The molecule has 4 nitrogen and oxygen atoms in total. The summed E-state index contributed by atoms with van der Waals surface area (Å²) < 4.78 is 0. The summed E-state index contributed by atoms with van der Waals surface area (Å²) in [6.07, 6.45) is 0.337. The highest BCUT2D eigenvalue weighted by atomic mass is 35.5. The van der Waals surface area contributed by atoms with Gasteiger partial charge in [-0.15, -0.1) is 0 Å². The summed E-state index contributed by atoms with van der Waals surface area (Å²) in [6, 6.07) is 9.81. The minimum atomic E-state index is -1.33. The predicted octanol–water partition coefficient (Wildman–Crippen LogP) is 3.64. The van der Waals surface area contributed by atoms with E-state index in [0.29, 0.717) is 15.6 Å². The summed E-state index contributed by atoms with van der Waals surface area (Å²) in [7, 11) is 1.62. The fourth-order valence-corrected chi connectivity index (χ4v) is 2.62. The summed E-state index contributed by atoms with van der Waals surface area (Å²) in [6.45, 7) is 1.85. The van der Waals surface area contributed by atoms with E-state index < -0.39 is 12.0 Å². The van der Waals surface area contributed by atoms with Gasteiger partial charge in [0.15, 0.2) is 6.10 Å². The van der Waals surface area contributed by atoms with Gasteiger partial charge in [-0.25, -0.2) is 0 Å². The Hall–Kier alpha value is -1.62. The van der Waals surface area contributed by atoms with E-state index in [0.717, 1.165) is 5.69 Å². The molecule has 6 heteroatoms. The first kappa shape index (κ1) is 16.7. The number of hydrogen-bond acceptors (Lipinski definition) is 3. The van der Waals surface area contributed by atoms with Crippen molar-refractivity contribution in [2.75, 3.05) is 7.05 Å². The summed E-state index contributed by atoms with van der Waals surface area (Å²) in [5.41, 5.74) is 1.11. The number of halogens is 2. The van der Waals surface area contributed by atoms with Crippen LogP contribution in [-0.2, 0) is 4.79 Å². The summed E-state index contributed by atoms with van der Waals surface area (Å²) in [5, 5.41) is 11.0. The Balaban J connectivity index is 2.19. The highest BCUT2D eigenvalue weighted by molar-refractivity contribution is 6.34. The van der Waals surface area contributed by atoms with Crippen LogP contribution in [0.3, 0.4) is 0 Å². The van der Waals surface area contributed by atoms with Crippen LogP contribution >= 0.6 is 23.2 Å². The SMILES string of the molecule is CC(c1ccccn1)N(C)C(=O)C(O)c1cc(Cl)cc(Cl)c1. The molecule has 0 aliphatic rings. The third-order valence-corrected chi connectivity index (χ3v) is 3.92.